The highest BCUT2D eigenvalue weighted by Crippen LogP contribution is 2.27. The summed E-state index contributed by atoms with van der Waals surface area (Å²) >= 11 is 0. The summed E-state index contributed by atoms with van der Waals surface area (Å²) < 4.78 is 1.95. The second kappa shape index (κ2) is 6.29. The van der Waals surface area contributed by atoms with E-state index in [1.165, 1.54) is 24.1 Å². The zero-order valence-corrected chi connectivity index (χ0v) is 13.5. The Morgan fingerprint density at radius 3 is 2.77 bits per heavy atom. The number of anilines is 2. The number of nitrogens with zero attached hydrogens (tertiary/aromatic N) is 6. The number of aryl methyl sites for hydroxylation is 2. The molecule has 0 atom stereocenters. The van der Waals surface area contributed by atoms with Crippen LogP contribution < -0.4 is 10.2 Å². The summed E-state index contributed by atoms with van der Waals surface area (Å²) in [6.45, 7) is 0.794. The van der Waals surface area contributed by atoms with Gasteiger partial charge < -0.3 is 14.8 Å². The number of hydrogen-bond donors (Lipinski definition) is 1. The van der Waals surface area contributed by atoms with Crippen LogP contribution in [0, 0.1) is 0 Å². The molecular weight excluding hydrogens is 278 g/mol. The Labute approximate surface area is 130 Å². The maximum absolute atomic E-state index is 4.69. The summed E-state index contributed by atoms with van der Waals surface area (Å²) in [5.41, 5.74) is 2.49. The maximum atomic E-state index is 4.69. The van der Waals surface area contributed by atoms with E-state index in [2.05, 4.69) is 20.5 Å². The van der Waals surface area contributed by atoms with Gasteiger partial charge in [-0.15, -0.1) is 10.2 Å². The fourth-order valence-electron chi connectivity index (χ4n) is 2.75. The lowest BCUT2D eigenvalue weighted by atomic mass is 9.96. The number of rotatable bonds is 5. The van der Waals surface area contributed by atoms with E-state index >= 15 is 0 Å². The summed E-state index contributed by atoms with van der Waals surface area (Å²) in [7, 11) is 5.92. The molecule has 0 saturated heterocycles. The van der Waals surface area contributed by atoms with Crippen molar-refractivity contribution in [1.29, 1.82) is 0 Å². The first-order valence-electron chi connectivity index (χ1n) is 7.79. The van der Waals surface area contributed by atoms with Crippen molar-refractivity contribution in [3.8, 4) is 0 Å². The molecule has 1 N–H and O–H groups in total. The summed E-state index contributed by atoms with van der Waals surface area (Å²) in [6.07, 6.45) is 7.11. The van der Waals surface area contributed by atoms with Gasteiger partial charge in [-0.3, -0.25) is 0 Å². The average molecular weight is 301 g/mol. The topological polar surface area (TPSA) is 71.8 Å². The molecule has 118 valence electrons. The molecule has 7 heteroatoms. The molecule has 22 heavy (non-hydrogen) atoms. The van der Waals surface area contributed by atoms with Crippen LogP contribution in [-0.4, -0.2) is 45.4 Å². The van der Waals surface area contributed by atoms with Crippen molar-refractivity contribution in [2.24, 2.45) is 7.05 Å². The van der Waals surface area contributed by atoms with Crippen LogP contribution in [0.25, 0.3) is 0 Å². The molecular formula is C15H23N7. The molecule has 0 aromatic carbocycles. The van der Waals surface area contributed by atoms with E-state index in [1.807, 2.05) is 30.6 Å². The standard InChI is InChI=1S/C15H23N7/c1-21(2)15-18-12-7-5-4-6-11(12)14(19-15)16-9-8-13-20-17-10-22(13)3/h10H,4-9H2,1-3H3,(H,16,18,19). The monoisotopic (exact) mass is 301 g/mol. The largest absolute Gasteiger partial charge is 0.369 e. The van der Waals surface area contributed by atoms with Crippen LogP contribution in [-0.2, 0) is 26.3 Å². The summed E-state index contributed by atoms with van der Waals surface area (Å²) in [5.74, 6) is 2.74. The van der Waals surface area contributed by atoms with Gasteiger partial charge in [0.05, 0.1) is 5.69 Å². The van der Waals surface area contributed by atoms with Gasteiger partial charge in [-0.1, -0.05) is 0 Å². The van der Waals surface area contributed by atoms with E-state index in [9.17, 15) is 0 Å². The van der Waals surface area contributed by atoms with Crippen LogP contribution >= 0.6 is 0 Å². The molecule has 0 radical (unpaired) electrons. The number of hydrogen-bond acceptors (Lipinski definition) is 6. The zero-order valence-electron chi connectivity index (χ0n) is 13.5. The van der Waals surface area contributed by atoms with Crippen molar-refractivity contribution >= 4 is 11.8 Å². The third-order valence-corrected chi connectivity index (χ3v) is 4.02. The Balaban J connectivity index is 1.76. The molecule has 0 saturated carbocycles. The van der Waals surface area contributed by atoms with Gasteiger partial charge in [0.2, 0.25) is 5.95 Å². The molecule has 2 aromatic heterocycles. The van der Waals surface area contributed by atoms with Crippen molar-refractivity contribution in [2.45, 2.75) is 32.1 Å². The number of fused-ring (bicyclic) bond motifs is 1. The van der Waals surface area contributed by atoms with Gasteiger partial charge in [-0.2, -0.15) is 4.98 Å². The summed E-state index contributed by atoms with van der Waals surface area (Å²) in [5, 5.41) is 11.5. The normalized spacial score (nSPS) is 13.8. The molecule has 3 rings (SSSR count). The van der Waals surface area contributed by atoms with E-state index in [1.54, 1.807) is 6.33 Å². The Bertz CT molecular complexity index is 647. The van der Waals surface area contributed by atoms with Crippen molar-refractivity contribution in [3.05, 3.63) is 23.4 Å². The zero-order chi connectivity index (χ0) is 15.5. The maximum Gasteiger partial charge on any atom is 0.227 e. The van der Waals surface area contributed by atoms with Crippen LogP contribution in [0.4, 0.5) is 11.8 Å². The SMILES string of the molecule is CN(C)c1nc2c(c(NCCc3nncn3C)n1)CCCC2. The minimum absolute atomic E-state index is 0.779. The van der Waals surface area contributed by atoms with E-state index < -0.39 is 0 Å². The van der Waals surface area contributed by atoms with Crippen LogP contribution in [0.1, 0.15) is 29.9 Å². The molecule has 0 bridgehead atoms. The third kappa shape index (κ3) is 3.03. The van der Waals surface area contributed by atoms with Crippen molar-refractivity contribution in [1.82, 2.24) is 24.7 Å². The van der Waals surface area contributed by atoms with Crippen molar-refractivity contribution in [3.63, 3.8) is 0 Å². The molecule has 0 spiro atoms. The quantitative estimate of drug-likeness (QED) is 0.895. The van der Waals surface area contributed by atoms with Gasteiger partial charge in [-0.05, 0) is 25.7 Å². The lowest BCUT2D eigenvalue weighted by Gasteiger charge is -2.21. The first kappa shape index (κ1) is 14.7. The van der Waals surface area contributed by atoms with Gasteiger partial charge in [-0.25, -0.2) is 4.98 Å². The summed E-state index contributed by atoms with van der Waals surface area (Å²) in [4.78, 5) is 11.3. The van der Waals surface area contributed by atoms with Crippen LogP contribution in [0.15, 0.2) is 6.33 Å². The average Bonchev–Trinajstić information content (AvgIpc) is 2.92. The second-order valence-electron chi connectivity index (χ2n) is 5.93. The second-order valence-corrected chi connectivity index (χ2v) is 5.93. The van der Waals surface area contributed by atoms with Gasteiger partial charge in [0, 0.05) is 39.7 Å². The Morgan fingerprint density at radius 2 is 2.05 bits per heavy atom. The predicted octanol–water partition coefficient (Wildman–Crippen LogP) is 1.20. The first-order valence-corrected chi connectivity index (χ1v) is 7.79. The highest BCUT2D eigenvalue weighted by Gasteiger charge is 2.18. The Hall–Kier alpha value is -2.18. The Morgan fingerprint density at radius 1 is 1.23 bits per heavy atom. The lowest BCUT2D eigenvalue weighted by molar-refractivity contribution is 0.662. The van der Waals surface area contributed by atoms with Gasteiger partial charge in [0.15, 0.2) is 0 Å². The van der Waals surface area contributed by atoms with Crippen molar-refractivity contribution in [2.75, 3.05) is 30.9 Å². The Kier molecular flexibility index (Phi) is 4.22. The number of nitrogens with one attached hydrogen (secondary N) is 1. The van der Waals surface area contributed by atoms with Crippen LogP contribution in [0.2, 0.25) is 0 Å². The molecule has 7 nitrogen and oxygen atoms in total. The lowest BCUT2D eigenvalue weighted by Crippen LogP contribution is -2.20. The molecule has 0 fully saturated rings. The van der Waals surface area contributed by atoms with Crippen molar-refractivity contribution < 1.29 is 0 Å². The molecule has 2 aromatic rings. The van der Waals surface area contributed by atoms with Gasteiger partial charge in [0.1, 0.15) is 18.0 Å². The first-order chi connectivity index (χ1) is 10.6. The highest BCUT2D eigenvalue weighted by molar-refractivity contribution is 5.52. The minimum atomic E-state index is 0.779. The fourth-order valence-corrected chi connectivity index (χ4v) is 2.75. The molecule has 0 amide bonds. The van der Waals surface area contributed by atoms with E-state index in [0.29, 0.717) is 0 Å². The highest BCUT2D eigenvalue weighted by atomic mass is 15.3. The smallest absolute Gasteiger partial charge is 0.227 e. The fraction of sp³-hybridized carbons (Fsp3) is 0.600. The molecule has 2 heterocycles. The van der Waals surface area contributed by atoms with E-state index in [4.69, 9.17) is 4.98 Å². The predicted molar refractivity (Wildman–Crippen MR) is 86.2 cm³/mol. The van der Waals surface area contributed by atoms with E-state index in [-0.39, 0.29) is 0 Å². The molecule has 1 aliphatic carbocycles. The van der Waals surface area contributed by atoms with Gasteiger partial charge in [0.25, 0.3) is 0 Å². The molecule has 0 unspecified atom stereocenters. The molecule has 0 aliphatic heterocycles. The van der Waals surface area contributed by atoms with Crippen LogP contribution in [0.5, 0.6) is 0 Å². The number of aromatic nitrogens is 5. The van der Waals surface area contributed by atoms with E-state index in [0.717, 1.165) is 43.4 Å². The van der Waals surface area contributed by atoms with Crippen LogP contribution in [0.3, 0.4) is 0 Å². The third-order valence-electron chi connectivity index (χ3n) is 4.02. The van der Waals surface area contributed by atoms with Gasteiger partial charge >= 0.3 is 0 Å². The molecule has 1 aliphatic rings. The minimum Gasteiger partial charge on any atom is -0.369 e. The summed E-state index contributed by atoms with van der Waals surface area (Å²) in [6, 6.07) is 0.